The van der Waals surface area contributed by atoms with Gasteiger partial charge < -0.3 is 10.4 Å². The molecule has 0 saturated heterocycles. The van der Waals surface area contributed by atoms with Crippen LogP contribution in [-0.4, -0.2) is 40.2 Å². The Bertz CT molecular complexity index is 428. The van der Waals surface area contributed by atoms with E-state index in [9.17, 15) is 4.79 Å². The van der Waals surface area contributed by atoms with Crippen LogP contribution in [0.25, 0.3) is 0 Å². The molecule has 1 rings (SSSR count). The van der Waals surface area contributed by atoms with Gasteiger partial charge in [-0.15, -0.1) is 0 Å². The SMILES string of the molecule is CSC(CO)C(C)NC(=O)c1cc(Cl)ncc1Cl. The smallest absolute Gasteiger partial charge is 0.253 e. The van der Waals surface area contributed by atoms with E-state index in [4.69, 9.17) is 28.3 Å². The first kappa shape index (κ1) is 15.6. The number of hydrogen-bond donors (Lipinski definition) is 2. The summed E-state index contributed by atoms with van der Waals surface area (Å²) in [7, 11) is 0. The number of thioether (sulfide) groups is 1. The quantitative estimate of drug-likeness (QED) is 0.819. The van der Waals surface area contributed by atoms with E-state index in [-0.39, 0.29) is 39.5 Å². The van der Waals surface area contributed by atoms with Gasteiger partial charge in [-0.05, 0) is 19.2 Å². The highest BCUT2D eigenvalue weighted by Crippen LogP contribution is 2.19. The fraction of sp³-hybridized carbons (Fsp3) is 0.455. The zero-order valence-corrected chi connectivity index (χ0v) is 12.3. The van der Waals surface area contributed by atoms with Gasteiger partial charge in [0.25, 0.3) is 5.91 Å². The van der Waals surface area contributed by atoms with E-state index in [1.54, 1.807) is 0 Å². The average molecular weight is 309 g/mol. The van der Waals surface area contributed by atoms with E-state index >= 15 is 0 Å². The van der Waals surface area contributed by atoms with E-state index in [1.807, 2.05) is 13.2 Å². The Kier molecular flexibility index (Phi) is 6.21. The summed E-state index contributed by atoms with van der Waals surface area (Å²) in [5.41, 5.74) is 0.279. The second kappa shape index (κ2) is 7.19. The van der Waals surface area contributed by atoms with Crippen molar-refractivity contribution in [2.24, 2.45) is 0 Å². The Morgan fingerprint density at radius 2 is 2.28 bits per heavy atom. The number of aliphatic hydroxyl groups is 1. The Morgan fingerprint density at radius 1 is 1.61 bits per heavy atom. The van der Waals surface area contributed by atoms with Gasteiger partial charge in [-0.25, -0.2) is 4.98 Å². The number of nitrogens with zero attached hydrogens (tertiary/aromatic N) is 1. The summed E-state index contributed by atoms with van der Waals surface area (Å²) in [4.78, 5) is 15.8. The van der Waals surface area contributed by atoms with Crippen molar-refractivity contribution in [1.82, 2.24) is 10.3 Å². The minimum Gasteiger partial charge on any atom is -0.395 e. The number of carbonyl (C=O) groups is 1. The molecule has 0 bridgehead atoms. The minimum absolute atomic E-state index is 0.00650. The van der Waals surface area contributed by atoms with Crippen LogP contribution in [0.3, 0.4) is 0 Å². The number of pyridine rings is 1. The third kappa shape index (κ3) is 4.02. The lowest BCUT2D eigenvalue weighted by atomic mass is 10.2. The Labute approximate surface area is 120 Å². The monoisotopic (exact) mass is 308 g/mol. The highest BCUT2D eigenvalue weighted by atomic mass is 35.5. The van der Waals surface area contributed by atoms with Crippen LogP contribution >= 0.6 is 35.0 Å². The lowest BCUT2D eigenvalue weighted by Gasteiger charge is -2.21. The molecule has 0 spiro atoms. The number of carbonyl (C=O) groups excluding carboxylic acids is 1. The molecule has 1 aromatic heterocycles. The summed E-state index contributed by atoms with van der Waals surface area (Å²) in [6, 6.07) is 1.24. The van der Waals surface area contributed by atoms with Crippen LogP contribution in [0.15, 0.2) is 12.3 Å². The zero-order chi connectivity index (χ0) is 13.7. The van der Waals surface area contributed by atoms with Gasteiger partial charge in [0.1, 0.15) is 5.15 Å². The predicted molar refractivity (Wildman–Crippen MR) is 75.6 cm³/mol. The standard InChI is InChI=1S/C11H14Cl2N2O2S/c1-6(9(5-16)18-2)15-11(17)7-3-10(13)14-4-8(7)12/h3-4,6,9,16H,5H2,1-2H3,(H,15,17). The van der Waals surface area contributed by atoms with Gasteiger partial charge in [-0.3, -0.25) is 4.79 Å². The number of aliphatic hydroxyl groups excluding tert-OH is 1. The maximum absolute atomic E-state index is 12.0. The van der Waals surface area contributed by atoms with Crippen LogP contribution in [0, 0.1) is 0 Å². The van der Waals surface area contributed by atoms with Crippen molar-refractivity contribution >= 4 is 40.9 Å². The molecule has 1 heterocycles. The average Bonchev–Trinajstić information content (AvgIpc) is 2.33. The van der Waals surface area contributed by atoms with Crippen molar-refractivity contribution in [3.8, 4) is 0 Å². The molecule has 1 amide bonds. The molecule has 0 fully saturated rings. The highest BCUT2D eigenvalue weighted by molar-refractivity contribution is 7.99. The first-order valence-corrected chi connectivity index (χ1v) is 7.29. The van der Waals surface area contributed by atoms with E-state index in [0.717, 1.165) is 0 Å². The van der Waals surface area contributed by atoms with Crippen LogP contribution in [0.1, 0.15) is 17.3 Å². The van der Waals surface area contributed by atoms with Gasteiger partial charge in [0.15, 0.2) is 0 Å². The molecule has 0 aliphatic heterocycles. The predicted octanol–water partition coefficient (Wildman–Crippen LogP) is 2.23. The summed E-state index contributed by atoms with van der Waals surface area (Å²) in [5, 5.41) is 12.3. The van der Waals surface area contributed by atoms with Gasteiger partial charge in [0, 0.05) is 17.5 Å². The molecule has 2 unspecified atom stereocenters. The Hall–Kier alpha value is -0.490. The topological polar surface area (TPSA) is 62.2 Å². The first-order chi connectivity index (χ1) is 8.49. The van der Waals surface area contributed by atoms with Crippen molar-refractivity contribution < 1.29 is 9.90 Å². The number of halogens is 2. The van der Waals surface area contributed by atoms with Crippen LogP contribution in [-0.2, 0) is 0 Å². The summed E-state index contributed by atoms with van der Waals surface area (Å²) < 4.78 is 0. The summed E-state index contributed by atoms with van der Waals surface area (Å²) in [6.07, 6.45) is 3.21. The molecule has 0 aromatic carbocycles. The number of rotatable bonds is 5. The Morgan fingerprint density at radius 3 is 2.83 bits per heavy atom. The molecular formula is C11H14Cl2N2O2S. The van der Waals surface area contributed by atoms with Crippen molar-refractivity contribution in [3.63, 3.8) is 0 Å². The van der Waals surface area contributed by atoms with Gasteiger partial charge in [-0.2, -0.15) is 11.8 Å². The number of aromatic nitrogens is 1. The molecule has 2 atom stereocenters. The Balaban J connectivity index is 2.79. The van der Waals surface area contributed by atoms with Crippen molar-refractivity contribution in [1.29, 1.82) is 0 Å². The molecular weight excluding hydrogens is 295 g/mol. The van der Waals surface area contributed by atoms with Crippen LogP contribution in [0.5, 0.6) is 0 Å². The van der Waals surface area contributed by atoms with Gasteiger partial charge in [-0.1, -0.05) is 23.2 Å². The number of amides is 1. The summed E-state index contributed by atoms with van der Waals surface area (Å²) >= 11 is 13.1. The van der Waals surface area contributed by atoms with Crippen LogP contribution in [0.4, 0.5) is 0 Å². The molecule has 100 valence electrons. The minimum atomic E-state index is -0.329. The molecule has 0 aliphatic carbocycles. The molecule has 2 N–H and O–H groups in total. The van der Waals surface area contributed by atoms with Gasteiger partial charge >= 0.3 is 0 Å². The maximum Gasteiger partial charge on any atom is 0.253 e. The van der Waals surface area contributed by atoms with Crippen LogP contribution in [0.2, 0.25) is 10.2 Å². The second-order valence-electron chi connectivity index (χ2n) is 3.71. The molecule has 0 aliphatic rings. The molecule has 0 radical (unpaired) electrons. The summed E-state index contributed by atoms with van der Waals surface area (Å²) in [6.45, 7) is 1.82. The molecule has 7 heteroatoms. The molecule has 18 heavy (non-hydrogen) atoms. The van der Waals surface area contributed by atoms with E-state index in [0.29, 0.717) is 0 Å². The number of nitrogens with one attached hydrogen (secondary N) is 1. The van der Waals surface area contributed by atoms with E-state index in [1.165, 1.54) is 24.0 Å². The lowest BCUT2D eigenvalue weighted by Crippen LogP contribution is -2.41. The van der Waals surface area contributed by atoms with Crippen LogP contribution < -0.4 is 5.32 Å². The third-order valence-electron chi connectivity index (χ3n) is 2.47. The lowest BCUT2D eigenvalue weighted by molar-refractivity contribution is 0.0936. The largest absolute Gasteiger partial charge is 0.395 e. The fourth-order valence-corrected chi connectivity index (χ4v) is 2.37. The van der Waals surface area contributed by atoms with Gasteiger partial charge in [0.05, 0.1) is 17.2 Å². The molecule has 4 nitrogen and oxygen atoms in total. The van der Waals surface area contributed by atoms with Crippen molar-refractivity contribution in [2.45, 2.75) is 18.2 Å². The van der Waals surface area contributed by atoms with Crippen molar-refractivity contribution in [2.75, 3.05) is 12.9 Å². The molecule has 0 saturated carbocycles. The summed E-state index contributed by atoms with van der Waals surface area (Å²) in [5.74, 6) is -0.329. The fourth-order valence-electron chi connectivity index (χ4n) is 1.40. The second-order valence-corrected chi connectivity index (χ2v) is 5.58. The van der Waals surface area contributed by atoms with E-state index < -0.39 is 0 Å². The first-order valence-electron chi connectivity index (χ1n) is 5.25. The molecule has 1 aromatic rings. The van der Waals surface area contributed by atoms with Gasteiger partial charge in [0.2, 0.25) is 0 Å². The normalized spacial score (nSPS) is 14.1. The van der Waals surface area contributed by atoms with Crippen molar-refractivity contribution in [3.05, 3.63) is 28.0 Å². The third-order valence-corrected chi connectivity index (χ3v) is 4.14. The maximum atomic E-state index is 12.0. The number of hydrogen-bond acceptors (Lipinski definition) is 4. The van der Waals surface area contributed by atoms with E-state index in [2.05, 4.69) is 10.3 Å². The highest BCUT2D eigenvalue weighted by Gasteiger charge is 2.19. The zero-order valence-electron chi connectivity index (χ0n) is 9.98.